The largest absolute Gasteiger partial charge is 0.481 e. The number of rotatable bonds is 23. The number of piperazine rings is 1. The minimum atomic E-state index is -0.468. The summed E-state index contributed by atoms with van der Waals surface area (Å²) in [5.41, 5.74) is 2.85. The fourth-order valence-corrected chi connectivity index (χ4v) is 6.99. The van der Waals surface area contributed by atoms with Gasteiger partial charge in [0.2, 0.25) is 0 Å². The van der Waals surface area contributed by atoms with E-state index in [1.54, 1.807) is 18.2 Å². The molecule has 0 radical (unpaired) electrons. The summed E-state index contributed by atoms with van der Waals surface area (Å²) in [5, 5.41) is 0. The van der Waals surface area contributed by atoms with Crippen LogP contribution < -0.4 is 42.6 Å². The fraction of sp³-hybridized carbons (Fsp3) is 0.292. The maximum Gasteiger partial charge on any atom is 0.410 e. The second-order valence-electron chi connectivity index (χ2n) is 16.4. The maximum atomic E-state index is 11.5. The van der Waals surface area contributed by atoms with Crippen molar-refractivity contribution in [3.63, 3.8) is 0 Å². The second kappa shape index (κ2) is 47.1. The van der Waals surface area contributed by atoms with E-state index in [2.05, 4.69) is 123 Å². The Hall–Kier alpha value is -12.2. The van der Waals surface area contributed by atoms with E-state index < -0.39 is 17.6 Å². The summed E-state index contributed by atoms with van der Waals surface area (Å²) >= 11 is 0. The molecule has 1 aliphatic rings. The number of aromatic nitrogens is 3. The van der Waals surface area contributed by atoms with Crippen molar-refractivity contribution in [3.8, 4) is 188 Å². The molecular weight excluding hydrogens is 1140 g/mol. The number of hydrogen-bond acceptors (Lipinski definition) is 16. The Balaban J connectivity index is 0. The van der Waals surface area contributed by atoms with Crippen LogP contribution in [0.15, 0.2) is 91.0 Å². The first kappa shape index (κ1) is 79.9. The highest BCUT2D eigenvalue weighted by molar-refractivity contribution is 5.70. The Morgan fingerprint density at radius 1 is 0.344 bits per heavy atom. The van der Waals surface area contributed by atoms with Crippen molar-refractivity contribution in [2.45, 2.75) is 42.0 Å². The molecule has 1 saturated heterocycles. The van der Waals surface area contributed by atoms with Gasteiger partial charge in [0.1, 0.15) is 74.1 Å². The zero-order chi connectivity index (χ0) is 62.6. The predicted molar refractivity (Wildman–Crippen MR) is 351 cm³/mol. The Bertz CT molecular complexity index is 2980. The lowest BCUT2D eigenvalue weighted by molar-refractivity contribution is 0.0694. The molecule has 90 heavy (non-hydrogen) atoms. The third-order valence-corrected chi connectivity index (χ3v) is 10.9. The molecular formula is C72H75N5O13. The van der Waals surface area contributed by atoms with Gasteiger partial charge < -0.3 is 61.9 Å². The molecule has 2 amide bonds. The molecule has 0 atom stereocenters. The van der Waals surface area contributed by atoms with Crippen LogP contribution in [0, 0.1) is 136 Å². The Kier molecular flexibility index (Phi) is 41.8. The lowest BCUT2D eigenvalue weighted by Crippen LogP contribution is -2.50. The molecule has 0 unspecified atom stereocenters. The highest BCUT2D eigenvalue weighted by atomic mass is 16.6. The number of carbonyl (C=O) groups is 2. The van der Waals surface area contributed by atoms with Crippen molar-refractivity contribution in [2.75, 3.05) is 98.9 Å². The molecule has 18 nitrogen and oxygen atoms in total. The second-order valence-corrected chi connectivity index (χ2v) is 16.4. The van der Waals surface area contributed by atoms with Gasteiger partial charge in [0.15, 0.2) is 33.0 Å². The minimum absolute atomic E-state index is 0. The molecule has 4 aromatic carbocycles. The number of ether oxygens (including phenoxy) is 11. The van der Waals surface area contributed by atoms with Gasteiger partial charge in [-0.25, -0.2) is 9.59 Å². The topological polar surface area (TPSA) is 181 Å². The Morgan fingerprint density at radius 2 is 0.544 bits per heavy atom. The van der Waals surface area contributed by atoms with Gasteiger partial charge in [0, 0.05) is 49.8 Å². The van der Waals surface area contributed by atoms with Crippen LogP contribution in [0.2, 0.25) is 0 Å². The first-order chi connectivity index (χ1) is 41.9. The van der Waals surface area contributed by atoms with Crippen molar-refractivity contribution in [2.24, 2.45) is 0 Å². The highest BCUT2D eigenvalue weighted by Gasteiger charge is 2.32. The average Bonchev–Trinajstić information content (AvgIpc) is 0.858. The number of hydrogen-bond donors (Lipinski definition) is 0. The third-order valence-electron chi connectivity index (χ3n) is 10.9. The van der Waals surface area contributed by atoms with Gasteiger partial charge in [-0.05, 0) is 60.0 Å². The van der Waals surface area contributed by atoms with Crippen LogP contribution in [-0.2, 0) is 14.9 Å². The number of carbonyl (C=O) groups excluding carboxylic acids is 2. The highest BCUT2D eigenvalue weighted by Crippen LogP contribution is 2.40. The van der Waals surface area contributed by atoms with Crippen LogP contribution >= 0.6 is 0 Å². The number of terminal acetylenes is 11. The third kappa shape index (κ3) is 28.6. The lowest BCUT2D eigenvalue weighted by atomic mass is 9.71. The van der Waals surface area contributed by atoms with Gasteiger partial charge in [-0.3, -0.25) is 0 Å². The fourth-order valence-electron chi connectivity index (χ4n) is 6.99. The van der Waals surface area contributed by atoms with E-state index in [0.29, 0.717) is 43.4 Å². The van der Waals surface area contributed by atoms with Gasteiger partial charge in [-0.2, -0.15) is 0 Å². The quantitative estimate of drug-likeness (QED) is 0.0445. The summed E-state index contributed by atoms with van der Waals surface area (Å²) in [4.78, 5) is 37.4. The number of benzene rings is 4. The zero-order valence-electron chi connectivity index (χ0n) is 47.2. The molecule has 0 spiro atoms. The van der Waals surface area contributed by atoms with E-state index in [4.69, 9.17) is 123 Å². The van der Waals surface area contributed by atoms with Crippen LogP contribution in [-0.4, -0.2) is 136 Å². The smallest absolute Gasteiger partial charge is 0.410 e. The molecule has 1 fully saturated rings. The number of nitrogens with zero attached hydrogens (tertiary/aromatic N) is 5. The summed E-state index contributed by atoms with van der Waals surface area (Å²) in [5.74, 6) is 29.6. The van der Waals surface area contributed by atoms with Crippen molar-refractivity contribution in [1.82, 2.24) is 24.8 Å². The zero-order valence-corrected chi connectivity index (χ0v) is 47.2. The first-order valence-corrected chi connectivity index (χ1v) is 25.4. The summed E-state index contributed by atoms with van der Waals surface area (Å²) in [6, 6.07) is 28.9. The van der Waals surface area contributed by atoms with E-state index in [0.717, 1.165) is 33.9 Å². The molecule has 1 aromatic heterocycles. The van der Waals surface area contributed by atoms with Crippen molar-refractivity contribution < 1.29 is 61.7 Å². The van der Waals surface area contributed by atoms with Crippen LogP contribution in [0.1, 0.15) is 53.3 Å². The maximum absolute atomic E-state index is 11.5. The van der Waals surface area contributed by atoms with E-state index in [-0.39, 0.29) is 120 Å². The summed E-state index contributed by atoms with van der Waals surface area (Å²) in [6.45, 7) is 4.80. The lowest BCUT2D eigenvalue weighted by Gasteiger charge is -2.33. The van der Waals surface area contributed by atoms with Gasteiger partial charge in [0.05, 0.1) is 0 Å². The Labute approximate surface area is 533 Å². The molecule has 0 bridgehead atoms. The van der Waals surface area contributed by atoms with E-state index in [1.807, 2.05) is 36.4 Å². The molecule has 0 N–H and O–H groups in total. The van der Waals surface area contributed by atoms with E-state index in [1.165, 1.54) is 9.80 Å². The molecule has 466 valence electrons. The molecule has 5 aromatic rings. The summed E-state index contributed by atoms with van der Waals surface area (Å²) < 4.78 is 57.2. The van der Waals surface area contributed by atoms with Crippen LogP contribution in [0.4, 0.5) is 9.59 Å². The normalized spacial score (nSPS) is 9.93. The first-order valence-electron chi connectivity index (χ1n) is 25.4. The predicted octanol–water partition coefficient (Wildman–Crippen LogP) is 9.40. The van der Waals surface area contributed by atoms with Gasteiger partial charge in [0.25, 0.3) is 0 Å². The molecule has 0 saturated carbocycles. The SMILES string of the molecule is C.C.C.C.C#CCOC(=O)N1CCN(C(=O)OCC#C)CC1.C#CCOc1cc(OCC#C)cc(OCC#C)c1.C#CCOc1ccc(C(C)(c2ccc(OCC#C)cc2)c2ccc(OCC#C)cc2)cc1.C#CCOc1nc(OCC#C)nc(OCC#C)n1. The standard InChI is InChI=1S/C29H24O3.C15H12O3.C12H9N3O3.C12H14N2O4.4CH4/c1-5-20-30-26-14-8-23(9-15-26)29(4,24-10-16-27(17-11-24)31-21-6-2)25-12-18-28(19-13-25)32-22-7-3;1-4-7-16-13-10-14(17-8-5-2)12-15(11-13)18-9-6-3;1-4-7-16-10-13-11(17-8-5-2)15-12(14-10)18-9-6-3;1-3-9-17-11(15)13-5-7-14(8-6-13)12(16)18-10-4-2;;;;/h1-3,8-19H,20-22H2,4H3;1-3,10-12H,7-9H2;1-3H,7-9H2;1-2H,5-10H2;4*1H4. The molecule has 18 heteroatoms. The van der Waals surface area contributed by atoms with Gasteiger partial charge in [-0.15, -0.1) is 85.6 Å². The van der Waals surface area contributed by atoms with Crippen LogP contribution in [0.3, 0.4) is 0 Å². The van der Waals surface area contributed by atoms with Crippen molar-refractivity contribution in [1.29, 1.82) is 0 Å². The van der Waals surface area contributed by atoms with Crippen molar-refractivity contribution in [3.05, 3.63) is 108 Å². The van der Waals surface area contributed by atoms with Gasteiger partial charge in [-0.1, -0.05) is 131 Å². The molecule has 0 aliphatic carbocycles. The van der Waals surface area contributed by atoms with Crippen LogP contribution in [0.5, 0.6) is 52.5 Å². The minimum Gasteiger partial charge on any atom is -0.481 e. The molecule has 1 aliphatic heterocycles. The van der Waals surface area contributed by atoms with Gasteiger partial charge >= 0.3 is 30.2 Å². The van der Waals surface area contributed by atoms with E-state index >= 15 is 0 Å². The number of amides is 2. The Morgan fingerprint density at radius 3 is 0.756 bits per heavy atom. The van der Waals surface area contributed by atoms with Crippen molar-refractivity contribution >= 4 is 12.2 Å². The van der Waals surface area contributed by atoms with Crippen LogP contribution in [0.25, 0.3) is 0 Å². The van der Waals surface area contributed by atoms with E-state index in [9.17, 15) is 9.59 Å². The molecule has 2 heterocycles. The summed E-state index contributed by atoms with van der Waals surface area (Å²) in [6.07, 6.45) is 55.4. The molecule has 6 rings (SSSR count). The monoisotopic (exact) mass is 1220 g/mol. The average molecular weight is 1220 g/mol. The summed E-state index contributed by atoms with van der Waals surface area (Å²) in [7, 11) is 0.